The lowest BCUT2D eigenvalue weighted by molar-refractivity contribution is 0.0951. The highest BCUT2D eigenvalue weighted by molar-refractivity contribution is 5.95. The summed E-state index contributed by atoms with van der Waals surface area (Å²) in [7, 11) is 0. The summed E-state index contributed by atoms with van der Waals surface area (Å²) < 4.78 is 17.8. The lowest BCUT2D eigenvalue weighted by Gasteiger charge is -2.27. The van der Waals surface area contributed by atoms with Crippen LogP contribution in [0.2, 0.25) is 0 Å². The van der Waals surface area contributed by atoms with Crippen molar-refractivity contribution in [3.63, 3.8) is 0 Å². The molecule has 0 radical (unpaired) electrons. The fraction of sp³-hybridized carbons (Fsp3) is 0.368. The summed E-state index contributed by atoms with van der Waals surface area (Å²) in [6, 6.07) is 5.14. The van der Waals surface area contributed by atoms with Gasteiger partial charge in [-0.2, -0.15) is 5.10 Å². The van der Waals surface area contributed by atoms with E-state index in [1.54, 1.807) is 35.4 Å². The van der Waals surface area contributed by atoms with Gasteiger partial charge in [0.25, 0.3) is 5.91 Å². The number of nitrogens with one attached hydrogen (secondary N) is 1. The smallest absolute Gasteiger partial charge is 0.251 e. The van der Waals surface area contributed by atoms with Gasteiger partial charge in [0.15, 0.2) is 17.1 Å². The molecule has 10 nitrogen and oxygen atoms in total. The first-order valence-corrected chi connectivity index (χ1v) is 9.47. The van der Waals surface area contributed by atoms with Crippen LogP contribution in [0.3, 0.4) is 0 Å². The Morgan fingerprint density at radius 3 is 2.90 bits per heavy atom. The molecule has 0 saturated carbocycles. The van der Waals surface area contributed by atoms with E-state index in [4.69, 9.17) is 14.2 Å². The Morgan fingerprint density at radius 2 is 2.00 bits per heavy atom. The average Bonchev–Trinajstić information content (AvgIpc) is 3.40. The van der Waals surface area contributed by atoms with E-state index in [1.165, 1.54) is 0 Å². The molecule has 150 valence electrons. The van der Waals surface area contributed by atoms with Crippen molar-refractivity contribution < 1.29 is 19.0 Å². The molecule has 3 aromatic rings. The molecule has 1 aromatic carbocycles. The van der Waals surface area contributed by atoms with Gasteiger partial charge in [-0.25, -0.2) is 14.6 Å². The minimum Gasteiger partial charge on any atom is -0.454 e. The topological polar surface area (TPSA) is 104 Å². The number of ether oxygens (including phenoxy) is 3. The Hall–Kier alpha value is -3.40. The zero-order valence-electron chi connectivity index (χ0n) is 15.7. The van der Waals surface area contributed by atoms with Gasteiger partial charge >= 0.3 is 0 Å². The van der Waals surface area contributed by atoms with Crippen LogP contribution in [0, 0.1) is 0 Å². The third-order valence-electron chi connectivity index (χ3n) is 4.97. The molecule has 2 aliphatic rings. The van der Waals surface area contributed by atoms with Crippen LogP contribution in [-0.4, -0.2) is 65.3 Å². The van der Waals surface area contributed by atoms with Gasteiger partial charge in [-0.15, -0.1) is 0 Å². The fourth-order valence-corrected chi connectivity index (χ4v) is 3.49. The van der Waals surface area contributed by atoms with Gasteiger partial charge in [-0.05, 0) is 18.2 Å². The molecule has 29 heavy (non-hydrogen) atoms. The van der Waals surface area contributed by atoms with E-state index in [0.29, 0.717) is 43.4 Å². The second-order valence-corrected chi connectivity index (χ2v) is 6.73. The molecule has 1 saturated heterocycles. The highest BCUT2D eigenvalue weighted by Crippen LogP contribution is 2.32. The van der Waals surface area contributed by atoms with E-state index in [2.05, 4.69) is 25.3 Å². The first-order valence-electron chi connectivity index (χ1n) is 9.47. The lowest BCUT2D eigenvalue weighted by Crippen LogP contribution is -2.36. The third kappa shape index (κ3) is 3.42. The molecule has 5 rings (SSSR count). The molecular formula is C19H20N6O4. The van der Waals surface area contributed by atoms with Crippen LogP contribution in [0.1, 0.15) is 10.4 Å². The summed E-state index contributed by atoms with van der Waals surface area (Å²) in [5.41, 5.74) is 1.27. The van der Waals surface area contributed by atoms with Gasteiger partial charge in [0, 0.05) is 25.2 Å². The molecule has 0 unspecified atom stereocenters. The molecule has 4 heterocycles. The summed E-state index contributed by atoms with van der Waals surface area (Å²) >= 11 is 0. The summed E-state index contributed by atoms with van der Waals surface area (Å²) in [4.78, 5) is 23.4. The molecule has 1 fully saturated rings. The van der Waals surface area contributed by atoms with E-state index >= 15 is 0 Å². The number of carbonyl (C=O) groups is 1. The van der Waals surface area contributed by atoms with E-state index in [1.807, 2.05) is 0 Å². The van der Waals surface area contributed by atoms with Crippen molar-refractivity contribution in [3.8, 4) is 11.5 Å². The summed E-state index contributed by atoms with van der Waals surface area (Å²) in [6.45, 7) is 4.06. The molecule has 10 heteroatoms. The number of morpholine rings is 1. The monoisotopic (exact) mass is 396 g/mol. The molecule has 0 atom stereocenters. The number of rotatable bonds is 5. The zero-order valence-corrected chi connectivity index (χ0v) is 15.7. The van der Waals surface area contributed by atoms with Crippen LogP contribution in [-0.2, 0) is 11.3 Å². The second-order valence-electron chi connectivity index (χ2n) is 6.73. The Bertz CT molecular complexity index is 1050. The van der Waals surface area contributed by atoms with Crippen LogP contribution >= 0.6 is 0 Å². The number of nitrogens with zero attached hydrogens (tertiary/aromatic N) is 5. The van der Waals surface area contributed by atoms with E-state index in [9.17, 15) is 4.79 Å². The van der Waals surface area contributed by atoms with Gasteiger partial charge in [-0.3, -0.25) is 4.79 Å². The molecule has 2 aromatic heterocycles. The molecule has 1 amide bonds. The number of hydrogen-bond donors (Lipinski definition) is 1. The largest absolute Gasteiger partial charge is 0.454 e. The van der Waals surface area contributed by atoms with Gasteiger partial charge in [-0.1, -0.05) is 0 Å². The van der Waals surface area contributed by atoms with Crippen molar-refractivity contribution in [1.29, 1.82) is 0 Å². The molecule has 2 aliphatic heterocycles. The minimum atomic E-state index is -0.177. The quantitative estimate of drug-likeness (QED) is 0.676. The Balaban J connectivity index is 1.26. The fourth-order valence-electron chi connectivity index (χ4n) is 3.49. The highest BCUT2D eigenvalue weighted by atomic mass is 16.7. The van der Waals surface area contributed by atoms with Crippen LogP contribution in [0.15, 0.2) is 30.7 Å². The van der Waals surface area contributed by atoms with E-state index < -0.39 is 0 Å². The number of amides is 1. The molecule has 0 aliphatic carbocycles. The zero-order chi connectivity index (χ0) is 19.6. The minimum absolute atomic E-state index is 0.177. The van der Waals surface area contributed by atoms with Crippen molar-refractivity contribution in [2.45, 2.75) is 6.54 Å². The van der Waals surface area contributed by atoms with Crippen molar-refractivity contribution >= 4 is 22.8 Å². The van der Waals surface area contributed by atoms with Crippen molar-refractivity contribution in [1.82, 2.24) is 25.1 Å². The van der Waals surface area contributed by atoms with Crippen molar-refractivity contribution in [2.24, 2.45) is 0 Å². The van der Waals surface area contributed by atoms with Gasteiger partial charge in [0.05, 0.1) is 31.3 Å². The average molecular weight is 396 g/mol. The molecular weight excluding hydrogens is 376 g/mol. The number of fused-ring (bicyclic) bond motifs is 2. The Kier molecular flexibility index (Phi) is 4.60. The third-order valence-corrected chi connectivity index (χ3v) is 4.97. The predicted molar refractivity (Wildman–Crippen MR) is 103 cm³/mol. The number of benzene rings is 1. The Labute approximate surface area is 166 Å². The normalized spacial score (nSPS) is 15.7. The van der Waals surface area contributed by atoms with Crippen molar-refractivity contribution in [2.75, 3.05) is 44.5 Å². The summed E-state index contributed by atoms with van der Waals surface area (Å²) in [6.07, 6.45) is 3.33. The van der Waals surface area contributed by atoms with Crippen LogP contribution < -0.4 is 19.7 Å². The maximum atomic E-state index is 12.4. The van der Waals surface area contributed by atoms with E-state index in [-0.39, 0.29) is 12.7 Å². The maximum absolute atomic E-state index is 12.4. The first-order chi connectivity index (χ1) is 14.3. The van der Waals surface area contributed by atoms with Crippen LogP contribution in [0.25, 0.3) is 11.0 Å². The Morgan fingerprint density at radius 1 is 1.14 bits per heavy atom. The van der Waals surface area contributed by atoms with Crippen molar-refractivity contribution in [3.05, 3.63) is 36.3 Å². The maximum Gasteiger partial charge on any atom is 0.251 e. The van der Waals surface area contributed by atoms with Crippen LogP contribution in [0.4, 0.5) is 5.82 Å². The standard InChI is InChI=1S/C19H20N6O4/c26-19(13-1-2-15-16(9-13)29-12-28-15)20-3-4-25-18-14(10-23-25)17(21-11-22-18)24-5-7-27-8-6-24/h1-2,9-11H,3-8,12H2,(H,20,26). The SMILES string of the molecule is O=C(NCCn1ncc2c(N3CCOCC3)ncnc21)c1ccc2c(c1)OCO2. The van der Waals surface area contributed by atoms with Gasteiger partial charge in [0.1, 0.15) is 12.1 Å². The first kappa shape index (κ1) is 17.7. The highest BCUT2D eigenvalue weighted by Gasteiger charge is 2.19. The number of hydrogen-bond acceptors (Lipinski definition) is 8. The molecule has 0 spiro atoms. The lowest BCUT2D eigenvalue weighted by atomic mass is 10.2. The van der Waals surface area contributed by atoms with Gasteiger partial charge < -0.3 is 24.4 Å². The predicted octanol–water partition coefficient (Wildman–Crippen LogP) is 0.822. The summed E-state index contributed by atoms with van der Waals surface area (Å²) in [5, 5.41) is 8.24. The summed E-state index contributed by atoms with van der Waals surface area (Å²) in [5.74, 6) is 1.93. The number of aromatic nitrogens is 4. The van der Waals surface area contributed by atoms with E-state index in [0.717, 1.165) is 29.9 Å². The van der Waals surface area contributed by atoms with Gasteiger partial charge in [0.2, 0.25) is 6.79 Å². The molecule has 0 bridgehead atoms. The van der Waals surface area contributed by atoms with Crippen LogP contribution in [0.5, 0.6) is 11.5 Å². The number of carbonyl (C=O) groups excluding carboxylic acids is 1. The second kappa shape index (κ2) is 7.55. The molecule has 1 N–H and O–H groups in total. The number of anilines is 1.